The molecule has 4 fully saturated rings. The van der Waals surface area contributed by atoms with Gasteiger partial charge in [-0.05, 0) is 68.1 Å². The van der Waals surface area contributed by atoms with Gasteiger partial charge in [-0.25, -0.2) is 0 Å². The molecule has 4 aliphatic rings. The molecule has 0 saturated heterocycles. The first kappa shape index (κ1) is 16.8. The molecule has 0 aromatic heterocycles. The van der Waals surface area contributed by atoms with Crippen molar-refractivity contribution in [3.8, 4) is 0 Å². The normalized spacial score (nSPS) is 34.7. The predicted octanol–water partition coefficient (Wildman–Crippen LogP) is 2.87. The first-order chi connectivity index (χ1) is 11.0. The molecule has 0 aliphatic heterocycles. The average molecular weight is 320 g/mol. The lowest BCUT2D eigenvalue weighted by atomic mass is 9.54. The molecule has 2 amide bonds. The van der Waals surface area contributed by atoms with Crippen molar-refractivity contribution in [3.63, 3.8) is 0 Å². The molecule has 4 bridgehead atoms. The number of hydrogen-bond acceptors (Lipinski definition) is 2. The number of amides is 2. The number of carbonyl (C=O) groups is 2. The Labute approximate surface area is 140 Å². The molecular weight excluding hydrogens is 288 g/mol. The molecule has 4 nitrogen and oxygen atoms in total. The lowest BCUT2D eigenvalue weighted by molar-refractivity contribution is -0.125. The van der Waals surface area contributed by atoms with E-state index >= 15 is 0 Å². The van der Waals surface area contributed by atoms with Gasteiger partial charge in [0.25, 0.3) is 0 Å². The number of hydrogen-bond donors (Lipinski definition) is 2. The molecule has 0 unspecified atom stereocenters. The predicted molar refractivity (Wildman–Crippen MR) is 90.7 cm³/mol. The smallest absolute Gasteiger partial charge is 0.220 e. The third-order valence-corrected chi connectivity index (χ3v) is 6.07. The highest BCUT2D eigenvalue weighted by Gasteiger charge is 2.48. The van der Waals surface area contributed by atoms with Gasteiger partial charge in [-0.3, -0.25) is 9.59 Å². The van der Waals surface area contributed by atoms with Crippen LogP contribution < -0.4 is 10.6 Å². The molecule has 0 radical (unpaired) electrons. The van der Waals surface area contributed by atoms with Crippen LogP contribution in [0.15, 0.2) is 0 Å². The van der Waals surface area contributed by atoms with Crippen molar-refractivity contribution in [2.24, 2.45) is 29.6 Å². The molecule has 4 aliphatic carbocycles. The highest BCUT2D eigenvalue weighted by atomic mass is 16.2. The zero-order valence-corrected chi connectivity index (χ0v) is 14.6. The Hall–Kier alpha value is -1.06. The van der Waals surface area contributed by atoms with Gasteiger partial charge < -0.3 is 10.6 Å². The van der Waals surface area contributed by atoms with Crippen LogP contribution in [-0.2, 0) is 9.59 Å². The topological polar surface area (TPSA) is 58.2 Å². The van der Waals surface area contributed by atoms with Crippen molar-refractivity contribution < 1.29 is 9.59 Å². The molecule has 0 aromatic carbocycles. The third-order valence-electron chi connectivity index (χ3n) is 6.07. The summed E-state index contributed by atoms with van der Waals surface area (Å²) in [5.74, 6) is 4.03. The van der Waals surface area contributed by atoms with E-state index in [4.69, 9.17) is 0 Å². The molecule has 4 heteroatoms. The first-order valence-corrected chi connectivity index (χ1v) is 9.57. The van der Waals surface area contributed by atoms with Crippen LogP contribution in [0, 0.1) is 29.6 Å². The van der Waals surface area contributed by atoms with Gasteiger partial charge in [-0.15, -0.1) is 0 Å². The minimum atomic E-state index is 0.0705. The molecule has 4 saturated carbocycles. The molecule has 0 heterocycles. The lowest BCUT2D eigenvalue weighted by Crippen LogP contribution is -2.55. The molecule has 4 rings (SSSR count). The van der Waals surface area contributed by atoms with Gasteiger partial charge in [0.2, 0.25) is 11.8 Å². The van der Waals surface area contributed by atoms with Crippen LogP contribution in [-0.4, -0.2) is 24.4 Å². The van der Waals surface area contributed by atoms with Crippen LogP contribution in [0.5, 0.6) is 0 Å². The van der Waals surface area contributed by atoms with E-state index in [0.717, 1.165) is 30.2 Å². The van der Waals surface area contributed by atoms with Crippen molar-refractivity contribution in [2.75, 3.05) is 6.54 Å². The number of carbonyl (C=O) groups excluding carboxylic acids is 2. The monoisotopic (exact) mass is 320 g/mol. The Bertz CT molecular complexity index is 419. The number of rotatable bonds is 7. The summed E-state index contributed by atoms with van der Waals surface area (Å²) in [6, 6.07) is 0.421. The second kappa shape index (κ2) is 7.23. The highest BCUT2D eigenvalue weighted by Crippen LogP contribution is 2.53. The van der Waals surface area contributed by atoms with Crippen LogP contribution in [0.1, 0.15) is 65.2 Å². The minimum Gasteiger partial charge on any atom is -0.356 e. The summed E-state index contributed by atoms with van der Waals surface area (Å²) in [6.45, 7) is 4.89. The Kier molecular flexibility index (Phi) is 5.27. The summed E-state index contributed by atoms with van der Waals surface area (Å²) < 4.78 is 0. The third kappa shape index (κ3) is 4.27. The van der Waals surface area contributed by atoms with E-state index in [2.05, 4.69) is 24.5 Å². The Balaban J connectivity index is 1.36. The minimum absolute atomic E-state index is 0.0705. The Morgan fingerprint density at radius 3 is 2.04 bits per heavy atom. The average Bonchev–Trinajstić information content (AvgIpc) is 2.48. The van der Waals surface area contributed by atoms with Crippen molar-refractivity contribution in [1.29, 1.82) is 0 Å². The van der Waals surface area contributed by atoms with Crippen molar-refractivity contribution in [2.45, 2.75) is 71.3 Å². The van der Waals surface area contributed by atoms with Crippen molar-refractivity contribution in [1.82, 2.24) is 10.6 Å². The largest absolute Gasteiger partial charge is 0.356 e. The standard InChI is InChI=1S/C19H32N2O2/c1-12(2)11-20-17(22)4-3-5-18(23)21-19-15-7-13-6-14(9-15)10-16(19)8-13/h12-16,19H,3-11H2,1-2H3,(H,20,22)(H,21,23). The van der Waals surface area contributed by atoms with Crippen molar-refractivity contribution in [3.05, 3.63) is 0 Å². The molecular formula is C19H32N2O2. The summed E-state index contributed by atoms with van der Waals surface area (Å²) in [6.07, 6.45) is 8.36. The maximum absolute atomic E-state index is 12.2. The molecule has 23 heavy (non-hydrogen) atoms. The lowest BCUT2D eigenvalue weighted by Gasteiger charge is -2.54. The van der Waals surface area contributed by atoms with Crippen LogP contribution in [0.4, 0.5) is 0 Å². The van der Waals surface area contributed by atoms with Gasteiger partial charge in [-0.2, -0.15) is 0 Å². The quantitative estimate of drug-likeness (QED) is 0.758. The van der Waals surface area contributed by atoms with Gasteiger partial charge >= 0.3 is 0 Å². The van der Waals surface area contributed by atoms with Crippen LogP contribution in [0.3, 0.4) is 0 Å². The summed E-state index contributed by atoms with van der Waals surface area (Å²) in [5.41, 5.74) is 0. The fraction of sp³-hybridized carbons (Fsp3) is 0.895. The Morgan fingerprint density at radius 2 is 1.48 bits per heavy atom. The van der Waals surface area contributed by atoms with Gasteiger partial charge in [0, 0.05) is 25.4 Å². The summed E-state index contributed by atoms with van der Waals surface area (Å²) in [4.78, 5) is 23.9. The fourth-order valence-corrected chi connectivity index (χ4v) is 5.23. The summed E-state index contributed by atoms with van der Waals surface area (Å²) in [7, 11) is 0. The molecule has 130 valence electrons. The van der Waals surface area contributed by atoms with Gasteiger partial charge in [-0.1, -0.05) is 13.8 Å². The van der Waals surface area contributed by atoms with E-state index in [1.165, 1.54) is 32.1 Å². The second-order valence-corrected chi connectivity index (χ2v) is 8.58. The zero-order valence-electron chi connectivity index (χ0n) is 14.6. The van der Waals surface area contributed by atoms with Crippen LogP contribution >= 0.6 is 0 Å². The highest BCUT2D eigenvalue weighted by molar-refractivity contribution is 5.79. The maximum atomic E-state index is 12.2. The molecule has 2 N–H and O–H groups in total. The Morgan fingerprint density at radius 1 is 0.913 bits per heavy atom. The zero-order chi connectivity index (χ0) is 16.4. The van der Waals surface area contributed by atoms with E-state index in [1.54, 1.807) is 0 Å². The van der Waals surface area contributed by atoms with E-state index in [9.17, 15) is 9.59 Å². The fourth-order valence-electron chi connectivity index (χ4n) is 5.23. The molecule has 0 atom stereocenters. The van der Waals surface area contributed by atoms with E-state index < -0.39 is 0 Å². The van der Waals surface area contributed by atoms with E-state index in [1.807, 2.05) is 0 Å². The van der Waals surface area contributed by atoms with Crippen LogP contribution in [0.25, 0.3) is 0 Å². The first-order valence-electron chi connectivity index (χ1n) is 9.57. The van der Waals surface area contributed by atoms with Gasteiger partial charge in [0.15, 0.2) is 0 Å². The summed E-state index contributed by atoms with van der Waals surface area (Å²) in [5, 5.41) is 6.22. The number of nitrogens with one attached hydrogen (secondary N) is 2. The van der Waals surface area contributed by atoms with E-state index in [0.29, 0.717) is 31.2 Å². The van der Waals surface area contributed by atoms with Crippen molar-refractivity contribution >= 4 is 11.8 Å². The molecule has 0 spiro atoms. The SMILES string of the molecule is CC(C)CNC(=O)CCCC(=O)NC1C2CC3CC(C2)CC1C3. The second-order valence-electron chi connectivity index (χ2n) is 8.58. The summed E-state index contributed by atoms with van der Waals surface area (Å²) >= 11 is 0. The van der Waals surface area contributed by atoms with E-state index in [-0.39, 0.29) is 11.8 Å². The van der Waals surface area contributed by atoms with Crippen LogP contribution in [0.2, 0.25) is 0 Å². The maximum Gasteiger partial charge on any atom is 0.220 e. The molecule has 0 aromatic rings. The van der Waals surface area contributed by atoms with Gasteiger partial charge in [0.05, 0.1) is 0 Å². The van der Waals surface area contributed by atoms with Gasteiger partial charge in [0.1, 0.15) is 0 Å².